The summed E-state index contributed by atoms with van der Waals surface area (Å²) in [5.74, 6) is -0.428. The number of carbonyl (C=O) groups is 2. The number of hydrogen-bond donors (Lipinski definition) is 1. The number of Topliss-reactive ketones (excluding diaryl/α,β-unsaturated/α-hetero) is 1. The molecule has 204 valence electrons. The lowest BCUT2D eigenvalue weighted by atomic mass is 9.95. The fourth-order valence-electron chi connectivity index (χ4n) is 4.56. The minimum atomic E-state index is -0.840. The Labute approximate surface area is 237 Å². The van der Waals surface area contributed by atoms with Crippen LogP contribution >= 0.6 is 11.3 Å². The third-order valence-corrected chi connectivity index (χ3v) is 7.59. The van der Waals surface area contributed by atoms with Crippen LogP contribution in [-0.4, -0.2) is 28.4 Å². The summed E-state index contributed by atoms with van der Waals surface area (Å²) in [5.41, 5.74) is 3.30. The van der Waals surface area contributed by atoms with Gasteiger partial charge in [-0.1, -0.05) is 49.7 Å². The van der Waals surface area contributed by atoms with E-state index in [4.69, 9.17) is 9.47 Å². The number of aliphatic hydroxyl groups is 1. The smallest absolute Gasteiger partial charge is 0.301 e. The van der Waals surface area contributed by atoms with Crippen molar-refractivity contribution in [2.24, 2.45) is 0 Å². The lowest BCUT2D eigenvalue weighted by molar-refractivity contribution is -0.132. The van der Waals surface area contributed by atoms with Crippen LogP contribution in [0.1, 0.15) is 48.1 Å². The Balaban J connectivity index is 1.46. The van der Waals surface area contributed by atoms with E-state index in [-0.39, 0.29) is 11.3 Å². The minimum absolute atomic E-state index is 0.00781. The summed E-state index contributed by atoms with van der Waals surface area (Å²) in [5, 5.41) is 13.5. The second-order valence-electron chi connectivity index (χ2n) is 9.49. The second kappa shape index (κ2) is 12.2. The number of aromatic nitrogens is 1. The molecule has 1 unspecified atom stereocenters. The molecule has 0 aliphatic carbocycles. The van der Waals surface area contributed by atoms with Gasteiger partial charge in [-0.15, -0.1) is 11.3 Å². The van der Waals surface area contributed by atoms with E-state index in [0.29, 0.717) is 41.0 Å². The number of hydrogen-bond acceptors (Lipinski definition) is 7. The molecule has 40 heavy (non-hydrogen) atoms. The van der Waals surface area contributed by atoms with Crippen molar-refractivity contribution in [3.63, 3.8) is 0 Å². The molecule has 1 atom stereocenters. The standard InChI is InChI=1S/C32H30N2O5S/c1-3-4-18-38-25-13-9-22(10-14-25)28-27(30(36)31(37)34(28)32-33-17-19-40-32)29(35)23-11-15-26(16-12-23)39-20-24-8-6-5-7-21(24)2/h5-17,19,28,35H,3-4,18,20H2,1-2H3/b29-27+. The monoisotopic (exact) mass is 554 g/mol. The SMILES string of the molecule is CCCCOc1ccc(C2/C(=C(\O)c3ccc(OCc4ccccc4C)cc3)C(=O)C(=O)N2c2nccs2)cc1. The molecule has 0 radical (unpaired) electrons. The van der Waals surface area contributed by atoms with Gasteiger partial charge in [-0.3, -0.25) is 14.5 Å². The number of ketones is 1. The van der Waals surface area contributed by atoms with Gasteiger partial charge in [0.05, 0.1) is 18.2 Å². The zero-order valence-corrected chi connectivity index (χ0v) is 23.2. The summed E-state index contributed by atoms with van der Waals surface area (Å²) in [6.45, 7) is 5.15. The van der Waals surface area contributed by atoms with Gasteiger partial charge >= 0.3 is 5.91 Å². The normalized spacial score (nSPS) is 16.4. The molecule has 1 aliphatic rings. The molecule has 0 spiro atoms. The third-order valence-electron chi connectivity index (χ3n) is 6.82. The van der Waals surface area contributed by atoms with E-state index >= 15 is 0 Å². The number of ether oxygens (including phenoxy) is 2. The van der Waals surface area contributed by atoms with E-state index in [1.807, 2.05) is 55.5 Å². The molecule has 7 nitrogen and oxygen atoms in total. The van der Waals surface area contributed by atoms with Gasteiger partial charge in [-0.05, 0) is 66.4 Å². The number of aliphatic hydroxyl groups excluding tert-OH is 1. The molecule has 1 fully saturated rings. The van der Waals surface area contributed by atoms with Gasteiger partial charge < -0.3 is 14.6 Å². The maximum atomic E-state index is 13.3. The number of thiazole rings is 1. The van der Waals surface area contributed by atoms with Crippen LogP contribution in [0.4, 0.5) is 5.13 Å². The molecule has 1 aliphatic heterocycles. The van der Waals surface area contributed by atoms with Gasteiger partial charge in [-0.25, -0.2) is 4.98 Å². The fraction of sp³-hybridized carbons (Fsp3) is 0.219. The first-order valence-electron chi connectivity index (χ1n) is 13.2. The van der Waals surface area contributed by atoms with E-state index in [2.05, 4.69) is 11.9 Å². The molecule has 0 bridgehead atoms. The van der Waals surface area contributed by atoms with Crippen LogP contribution in [0.5, 0.6) is 11.5 Å². The van der Waals surface area contributed by atoms with Crippen molar-refractivity contribution in [2.45, 2.75) is 39.3 Å². The van der Waals surface area contributed by atoms with Crippen molar-refractivity contribution in [3.8, 4) is 11.5 Å². The van der Waals surface area contributed by atoms with Gasteiger partial charge in [0, 0.05) is 17.1 Å². The third kappa shape index (κ3) is 5.62. The van der Waals surface area contributed by atoms with Gasteiger partial charge in [-0.2, -0.15) is 0 Å². The minimum Gasteiger partial charge on any atom is -0.507 e. The summed E-state index contributed by atoms with van der Waals surface area (Å²) in [7, 11) is 0. The molecule has 1 N–H and O–H groups in total. The first kappa shape index (κ1) is 27.1. The first-order valence-corrected chi connectivity index (χ1v) is 14.1. The fourth-order valence-corrected chi connectivity index (χ4v) is 5.23. The molecule has 8 heteroatoms. The Morgan fingerprint density at radius 3 is 2.35 bits per heavy atom. The highest BCUT2D eigenvalue weighted by Crippen LogP contribution is 2.43. The number of anilines is 1. The van der Waals surface area contributed by atoms with Crippen molar-refractivity contribution < 1.29 is 24.2 Å². The van der Waals surface area contributed by atoms with Crippen molar-refractivity contribution in [1.29, 1.82) is 0 Å². The van der Waals surface area contributed by atoms with Crippen LogP contribution in [0, 0.1) is 6.92 Å². The average Bonchev–Trinajstić information content (AvgIpc) is 3.59. The largest absolute Gasteiger partial charge is 0.507 e. The molecule has 3 aromatic carbocycles. The molecular formula is C32H30N2O5S. The number of rotatable bonds is 10. The van der Waals surface area contributed by atoms with E-state index in [1.54, 1.807) is 35.8 Å². The number of carbonyl (C=O) groups excluding carboxylic acids is 2. The lowest BCUT2D eigenvalue weighted by Gasteiger charge is -2.23. The zero-order chi connectivity index (χ0) is 28.1. The van der Waals surface area contributed by atoms with Crippen LogP contribution in [0.3, 0.4) is 0 Å². The maximum Gasteiger partial charge on any atom is 0.301 e. The van der Waals surface area contributed by atoms with Crippen LogP contribution < -0.4 is 14.4 Å². The molecule has 5 rings (SSSR count). The molecule has 1 aromatic heterocycles. The second-order valence-corrected chi connectivity index (χ2v) is 10.4. The van der Waals surface area contributed by atoms with E-state index in [0.717, 1.165) is 24.0 Å². The number of aryl methyl sites for hydroxylation is 1. The van der Waals surface area contributed by atoms with Gasteiger partial charge in [0.2, 0.25) is 0 Å². The lowest BCUT2D eigenvalue weighted by Crippen LogP contribution is -2.29. The highest BCUT2D eigenvalue weighted by molar-refractivity contribution is 7.14. The van der Waals surface area contributed by atoms with Crippen molar-refractivity contribution in [3.05, 3.63) is 112 Å². The van der Waals surface area contributed by atoms with Crippen LogP contribution in [0.25, 0.3) is 5.76 Å². The van der Waals surface area contributed by atoms with E-state index in [9.17, 15) is 14.7 Å². The highest BCUT2D eigenvalue weighted by atomic mass is 32.1. The van der Waals surface area contributed by atoms with Gasteiger partial charge in [0.1, 0.15) is 23.9 Å². The Morgan fingerprint density at radius 2 is 1.68 bits per heavy atom. The predicted octanol–water partition coefficient (Wildman–Crippen LogP) is 6.84. The summed E-state index contributed by atoms with van der Waals surface area (Å²) in [6, 6.07) is 21.3. The van der Waals surface area contributed by atoms with Crippen molar-refractivity contribution in [1.82, 2.24) is 4.98 Å². The zero-order valence-electron chi connectivity index (χ0n) is 22.4. The Morgan fingerprint density at radius 1 is 0.975 bits per heavy atom. The van der Waals surface area contributed by atoms with Crippen LogP contribution in [0.15, 0.2) is 89.9 Å². The Hall–Kier alpha value is -4.43. The van der Waals surface area contributed by atoms with E-state index in [1.165, 1.54) is 16.2 Å². The summed E-state index contributed by atoms with van der Waals surface area (Å²) < 4.78 is 11.7. The number of unbranched alkanes of at least 4 members (excludes halogenated alkanes) is 1. The van der Waals surface area contributed by atoms with Crippen molar-refractivity contribution in [2.75, 3.05) is 11.5 Å². The first-order chi connectivity index (χ1) is 19.5. The summed E-state index contributed by atoms with van der Waals surface area (Å²) in [6.07, 6.45) is 3.55. The number of benzene rings is 3. The summed E-state index contributed by atoms with van der Waals surface area (Å²) in [4.78, 5) is 32.2. The Kier molecular flexibility index (Phi) is 8.26. The van der Waals surface area contributed by atoms with Crippen molar-refractivity contribution >= 4 is 33.9 Å². The average molecular weight is 555 g/mol. The molecule has 1 saturated heterocycles. The van der Waals surface area contributed by atoms with Gasteiger partial charge in [0.15, 0.2) is 5.13 Å². The van der Waals surface area contributed by atoms with Gasteiger partial charge in [0.25, 0.3) is 5.78 Å². The molecule has 0 saturated carbocycles. The highest BCUT2D eigenvalue weighted by Gasteiger charge is 2.48. The molecular weight excluding hydrogens is 524 g/mol. The number of nitrogens with zero attached hydrogens (tertiary/aromatic N) is 2. The summed E-state index contributed by atoms with van der Waals surface area (Å²) >= 11 is 1.25. The van der Waals surface area contributed by atoms with Crippen LogP contribution in [0.2, 0.25) is 0 Å². The molecule has 4 aromatic rings. The number of amides is 1. The molecule has 1 amide bonds. The molecule has 2 heterocycles. The predicted molar refractivity (Wildman–Crippen MR) is 156 cm³/mol. The maximum absolute atomic E-state index is 13.3. The van der Waals surface area contributed by atoms with E-state index < -0.39 is 17.7 Å². The Bertz CT molecular complexity index is 1510. The quantitative estimate of drug-likeness (QED) is 0.1000. The van der Waals surface area contributed by atoms with Crippen LogP contribution in [-0.2, 0) is 16.2 Å². The topological polar surface area (TPSA) is 89.0 Å².